The maximum absolute atomic E-state index is 13.0. The summed E-state index contributed by atoms with van der Waals surface area (Å²) < 4.78 is 18.5. The highest BCUT2D eigenvalue weighted by Crippen LogP contribution is 2.33. The number of benzene rings is 1. The lowest BCUT2D eigenvalue weighted by Gasteiger charge is -2.48. The molecule has 2 fully saturated rings. The molecule has 0 bridgehead atoms. The zero-order valence-electron chi connectivity index (χ0n) is 17.2. The van der Waals surface area contributed by atoms with E-state index >= 15 is 0 Å². The predicted molar refractivity (Wildman–Crippen MR) is 113 cm³/mol. The van der Waals surface area contributed by atoms with Gasteiger partial charge in [-0.3, -0.25) is 14.7 Å². The van der Waals surface area contributed by atoms with E-state index in [9.17, 15) is 9.18 Å². The average Bonchev–Trinajstić information content (AvgIpc) is 2.77. The molecular formula is C21H32FN5O2. The Kier molecular flexibility index (Phi) is 7.83. The first-order valence-corrected chi connectivity index (χ1v) is 10.4. The first kappa shape index (κ1) is 21.5. The van der Waals surface area contributed by atoms with Gasteiger partial charge >= 0.3 is 0 Å². The number of ether oxygens (including phenoxy) is 1. The molecule has 1 aliphatic heterocycles. The number of hydrogen-bond acceptors (Lipinski definition) is 4. The molecule has 7 nitrogen and oxygen atoms in total. The van der Waals surface area contributed by atoms with E-state index in [1.165, 1.54) is 56.4 Å². The first-order chi connectivity index (χ1) is 14.1. The van der Waals surface area contributed by atoms with Gasteiger partial charge in [0.05, 0.1) is 19.8 Å². The minimum absolute atomic E-state index is 0.0849. The lowest BCUT2D eigenvalue weighted by atomic mass is 9.80. The highest BCUT2D eigenvalue weighted by atomic mass is 19.1. The first-order valence-electron chi connectivity index (χ1n) is 10.4. The van der Waals surface area contributed by atoms with Crippen molar-refractivity contribution in [3.63, 3.8) is 0 Å². The van der Waals surface area contributed by atoms with E-state index < -0.39 is 0 Å². The Bertz CT molecular complexity index is 683. The van der Waals surface area contributed by atoms with Crippen LogP contribution in [-0.4, -0.2) is 68.7 Å². The number of morpholine rings is 1. The van der Waals surface area contributed by atoms with Gasteiger partial charge in [0.15, 0.2) is 5.96 Å². The third kappa shape index (κ3) is 6.14. The van der Waals surface area contributed by atoms with Crippen molar-refractivity contribution in [1.29, 1.82) is 0 Å². The van der Waals surface area contributed by atoms with Crippen LogP contribution in [0.3, 0.4) is 0 Å². The van der Waals surface area contributed by atoms with Crippen molar-refractivity contribution in [3.8, 4) is 0 Å². The number of rotatable bonds is 6. The van der Waals surface area contributed by atoms with Crippen LogP contribution in [0.2, 0.25) is 0 Å². The number of aliphatic imine (C=N–C) groups is 1. The summed E-state index contributed by atoms with van der Waals surface area (Å²) in [7, 11) is 1.70. The highest BCUT2D eigenvalue weighted by molar-refractivity contribution is 5.94. The minimum atomic E-state index is -0.331. The largest absolute Gasteiger partial charge is 0.379 e. The smallest absolute Gasteiger partial charge is 0.243 e. The second-order valence-corrected chi connectivity index (χ2v) is 7.72. The second-order valence-electron chi connectivity index (χ2n) is 7.72. The Morgan fingerprint density at radius 2 is 1.83 bits per heavy atom. The number of nitrogens with one attached hydrogen (secondary N) is 3. The van der Waals surface area contributed by atoms with Gasteiger partial charge in [-0.1, -0.05) is 19.3 Å². The lowest BCUT2D eigenvalue weighted by Crippen LogP contribution is -2.60. The van der Waals surface area contributed by atoms with Crippen LogP contribution >= 0.6 is 0 Å². The molecule has 0 unspecified atom stereocenters. The molecule has 29 heavy (non-hydrogen) atoms. The summed E-state index contributed by atoms with van der Waals surface area (Å²) in [4.78, 5) is 19.0. The average molecular weight is 406 g/mol. The molecule has 1 saturated carbocycles. The van der Waals surface area contributed by atoms with Crippen LogP contribution in [0.15, 0.2) is 29.3 Å². The fraction of sp³-hybridized carbons (Fsp3) is 0.619. The van der Waals surface area contributed by atoms with E-state index in [4.69, 9.17) is 4.74 Å². The van der Waals surface area contributed by atoms with E-state index in [0.717, 1.165) is 32.8 Å². The Balaban J connectivity index is 1.50. The number of carbonyl (C=O) groups excluding carboxylic acids is 1. The van der Waals surface area contributed by atoms with Gasteiger partial charge in [0, 0.05) is 37.9 Å². The molecule has 0 aromatic heterocycles. The number of hydrogen-bond donors (Lipinski definition) is 3. The SMILES string of the molecule is CN=C(NCC(=O)Nc1ccc(F)cc1)NCC1(N2CCOCC2)CCCCC1. The van der Waals surface area contributed by atoms with E-state index in [1.807, 2.05) is 0 Å². The van der Waals surface area contributed by atoms with Crippen LogP contribution < -0.4 is 16.0 Å². The van der Waals surface area contributed by atoms with E-state index in [0.29, 0.717) is 11.6 Å². The standard InChI is InChI=1S/C21H32FN5O2/c1-23-20(24-15-19(28)26-18-7-5-17(22)6-8-18)25-16-21(9-3-2-4-10-21)27-11-13-29-14-12-27/h5-8H,2-4,9-16H2,1H3,(H,26,28)(H2,23,24,25). The normalized spacial score (nSPS) is 20.1. The van der Waals surface area contributed by atoms with Crippen LogP contribution in [0, 0.1) is 5.82 Å². The molecule has 0 atom stereocenters. The monoisotopic (exact) mass is 405 g/mol. The van der Waals surface area contributed by atoms with Crippen LogP contribution in [-0.2, 0) is 9.53 Å². The Hall–Kier alpha value is -2.19. The van der Waals surface area contributed by atoms with Gasteiger partial charge in [-0.2, -0.15) is 0 Å². The fourth-order valence-corrected chi connectivity index (χ4v) is 4.22. The zero-order valence-corrected chi connectivity index (χ0v) is 17.2. The Morgan fingerprint density at radius 1 is 1.14 bits per heavy atom. The van der Waals surface area contributed by atoms with Gasteiger partial charge in [0.25, 0.3) is 0 Å². The number of anilines is 1. The summed E-state index contributed by atoms with van der Waals surface area (Å²) in [5.74, 6) is 0.0696. The molecule has 1 aromatic rings. The molecule has 3 N–H and O–H groups in total. The Morgan fingerprint density at radius 3 is 2.48 bits per heavy atom. The second kappa shape index (κ2) is 10.5. The third-order valence-electron chi connectivity index (χ3n) is 5.82. The molecule has 160 valence electrons. The molecule has 1 aromatic carbocycles. The van der Waals surface area contributed by atoms with Crippen molar-refractivity contribution in [2.24, 2.45) is 4.99 Å². The van der Waals surface area contributed by atoms with E-state index in [-0.39, 0.29) is 23.8 Å². The van der Waals surface area contributed by atoms with Gasteiger partial charge in [-0.15, -0.1) is 0 Å². The van der Waals surface area contributed by atoms with E-state index in [2.05, 4.69) is 25.8 Å². The van der Waals surface area contributed by atoms with Crippen molar-refractivity contribution in [3.05, 3.63) is 30.1 Å². The molecule has 0 spiro atoms. The van der Waals surface area contributed by atoms with Crippen molar-refractivity contribution in [2.75, 3.05) is 51.8 Å². The van der Waals surface area contributed by atoms with Crippen LogP contribution in [0.5, 0.6) is 0 Å². The van der Waals surface area contributed by atoms with Gasteiger partial charge in [-0.05, 0) is 37.1 Å². The quantitative estimate of drug-likeness (QED) is 0.498. The summed E-state index contributed by atoms with van der Waals surface area (Å²) in [6.45, 7) is 4.39. The number of carbonyl (C=O) groups is 1. The summed E-state index contributed by atoms with van der Waals surface area (Å²) in [5, 5.41) is 9.24. The molecule has 1 heterocycles. The third-order valence-corrected chi connectivity index (χ3v) is 5.82. The van der Waals surface area contributed by atoms with Gasteiger partial charge in [0.2, 0.25) is 5.91 Å². The minimum Gasteiger partial charge on any atom is -0.379 e. The van der Waals surface area contributed by atoms with Crippen LogP contribution in [0.25, 0.3) is 0 Å². The summed E-state index contributed by atoms with van der Waals surface area (Å²) in [6, 6.07) is 5.71. The lowest BCUT2D eigenvalue weighted by molar-refractivity contribution is -0.115. The van der Waals surface area contributed by atoms with Crippen molar-refractivity contribution < 1.29 is 13.9 Å². The topological polar surface area (TPSA) is 78.0 Å². The molecular weight excluding hydrogens is 373 g/mol. The molecule has 3 rings (SSSR count). The molecule has 0 radical (unpaired) electrons. The van der Waals surface area contributed by atoms with Crippen molar-refractivity contribution in [2.45, 2.75) is 37.6 Å². The van der Waals surface area contributed by atoms with Crippen LogP contribution in [0.4, 0.5) is 10.1 Å². The van der Waals surface area contributed by atoms with E-state index in [1.54, 1.807) is 7.05 Å². The van der Waals surface area contributed by atoms with Gasteiger partial charge < -0.3 is 20.7 Å². The molecule has 1 aliphatic carbocycles. The number of nitrogens with zero attached hydrogens (tertiary/aromatic N) is 2. The maximum Gasteiger partial charge on any atom is 0.243 e. The number of amides is 1. The van der Waals surface area contributed by atoms with Gasteiger partial charge in [-0.25, -0.2) is 4.39 Å². The zero-order chi connectivity index (χ0) is 20.5. The van der Waals surface area contributed by atoms with Crippen molar-refractivity contribution >= 4 is 17.6 Å². The summed E-state index contributed by atoms with van der Waals surface area (Å²) in [6.07, 6.45) is 6.11. The summed E-state index contributed by atoms with van der Waals surface area (Å²) in [5.41, 5.74) is 0.686. The van der Waals surface area contributed by atoms with Crippen molar-refractivity contribution in [1.82, 2.24) is 15.5 Å². The maximum atomic E-state index is 13.0. The highest BCUT2D eigenvalue weighted by Gasteiger charge is 2.38. The number of halogens is 1. The predicted octanol–water partition coefficient (Wildman–Crippen LogP) is 1.96. The Labute approximate surface area is 172 Å². The molecule has 1 saturated heterocycles. The number of guanidine groups is 1. The van der Waals surface area contributed by atoms with Crippen LogP contribution in [0.1, 0.15) is 32.1 Å². The molecule has 8 heteroatoms. The fourth-order valence-electron chi connectivity index (χ4n) is 4.22. The molecule has 2 aliphatic rings. The molecule has 1 amide bonds. The summed E-state index contributed by atoms with van der Waals surface area (Å²) >= 11 is 0. The van der Waals surface area contributed by atoms with Gasteiger partial charge in [0.1, 0.15) is 5.82 Å².